The zero-order chi connectivity index (χ0) is 18.7. The third kappa shape index (κ3) is 2.90. The molecule has 5 nitrogen and oxygen atoms in total. The average Bonchev–Trinajstić information content (AvgIpc) is 2.95. The molecule has 0 radical (unpaired) electrons. The van der Waals surface area contributed by atoms with Gasteiger partial charge in [0.1, 0.15) is 17.4 Å². The molecule has 1 saturated heterocycles. The van der Waals surface area contributed by atoms with Crippen LogP contribution in [0, 0.1) is 11.3 Å². The van der Waals surface area contributed by atoms with Crippen molar-refractivity contribution in [1.82, 2.24) is 0 Å². The lowest BCUT2D eigenvalue weighted by atomic mass is 9.70. The Morgan fingerprint density at radius 1 is 1.04 bits per heavy atom. The van der Waals surface area contributed by atoms with Crippen LogP contribution >= 0.6 is 0 Å². The summed E-state index contributed by atoms with van der Waals surface area (Å²) < 4.78 is 10.7. The summed E-state index contributed by atoms with van der Waals surface area (Å²) in [6.45, 7) is 3.30. The van der Waals surface area contributed by atoms with E-state index in [0.717, 1.165) is 0 Å². The number of rotatable bonds is 5. The highest BCUT2D eigenvalue weighted by Gasteiger charge is 2.63. The fourth-order valence-corrected chi connectivity index (χ4v) is 3.35. The van der Waals surface area contributed by atoms with E-state index in [-0.39, 0.29) is 6.61 Å². The van der Waals surface area contributed by atoms with Crippen LogP contribution in [0.25, 0.3) is 0 Å². The van der Waals surface area contributed by atoms with Crippen LogP contribution in [-0.2, 0) is 19.1 Å². The fraction of sp³-hybridized carbons (Fsp3) is 0.286. The molecule has 0 aliphatic carbocycles. The van der Waals surface area contributed by atoms with Crippen LogP contribution in [0.3, 0.4) is 0 Å². The van der Waals surface area contributed by atoms with Crippen LogP contribution < -0.4 is 0 Å². The Kier molecular flexibility index (Phi) is 4.89. The second kappa shape index (κ2) is 7.12. The number of ether oxygens (including phenoxy) is 2. The Balaban J connectivity index is 2.08. The zero-order valence-corrected chi connectivity index (χ0v) is 14.7. The molecule has 3 atom stereocenters. The SMILES string of the molecule is CCOC(=O)[C@@H]1[C@H](c2ccccc2)OC(=O)[C@]1(C)C(=O)c1ccccc1. The molecule has 0 N–H and O–H groups in total. The van der Waals surface area contributed by atoms with Crippen molar-refractivity contribution in [3.63, 3.8) is 0 Å². The quantitative estimate of drug-likeness (QED) is 0.469. The summed E-state index contributed by atoms with van der Waals surface area (Å²) in [6, 6.07) is 17.4. The number of cyclic esters (lactones) is 1. The topological polar surface area (TPSA) is 69.7 Å². The number of hydrogen-bond acceptors (Lipinski definition) is 5. The maximum atomic E-state index is 13.2. The first kappa shape index (κ1) is 17.9. The minimum Gasteiger partial charge on any atom is -0.466 e. The van der Waals surface area contributed by atoms with Gasteiger partial charge in [0.05, 0.1) is 6.61 Å². The number of ketones is 1. The maximum absolute atomic E-state index is 13.2. The Morgan fingerprint density at radius 2 is 1.62 bits per heavy atom. The molecule has 1 heterocycles. The van der Waals surface area contributed by atoms with E-state index in [0.29, 0.717) is 11.1 Å². The fourth-order valence-electron chi connectivity index (χ4n) is 3.35. The first-order chi connectivity index (χ1) is 12.5. The molecular weight excluding hydrogens is 332 g/mol. The normalized spacial score (nSPS) is 24.8. The molecule has 1 fully saturated rings. The van der Waals surface area contributed by atoms with E-state index < -0.39 is 35.2 Å². The average molecular weight is 352 g/mol. The molecule has 0 unspecified atom stereocenters. The predicted molar refractivity (Wildman–Crippen MR) is 94.3 cm³/mol. The molecule has 1 aliphatic rings. The second-order valence-electron chi connectivity index (χ2n) is 6.36. The number of Topliss-reactive ketones (excluding diaryl/α,β-unsaturated/α-hetero) is 1. The van der Waals surface area contributed by atoms with Crippen molar-refractivity contribution in [3.05, 3.63) is 71.8 Å². The van der Waals surface area contributed by atoms with Gasteiger partial charge in [-0.2, -0.15) is 0 Å². The van der Waals surface area contributed by atoms with Gasteiger partial charge in [-0.05, 0) is 19.4 Å². The summed E-state index contributed by atoms with van der Waals surface area (Å²) in [5.41, 5.74) is -0.632. The molecule has 1 aliphatic heterocycles. The molecule has 3 rings (SSSR count). The molecule has 0 aromatic heterocycles. The van der Waals surface area contributed by atoms with Crippen LogP contribution in [0.5, 0.6) is 0 Å². The molecule has 2 aromatic carbocycles. The Hall–Kier alpha value is -2.95. The van der Waals surface area contributed by atoms with Gasteiger partial charge in [-0.1, -0.05) is 60.7 Å². The van der Waals surface area contributed by atoms with Crippen LogP contribution in [-0.4, -0.2) is 24.3 Å². The summed E-state index contributed by atoms with van der Waals surface area (Å²) in [4.78, 5) is 38.6. The van der Waals surface area contributed by atoms with E-state index in [1.54, 1.807) is 61.5 Å². The van der Waals surface area contributed by atoms with E-state index in [1.807, 2.05) is 6.07 Å². The van der Waals surface area contributed by atoms with Gasteiger partial charge in [0.2, 0.25) is 0 Å². The third-order valence-corrected chi connectivity index (χ3v) is 4.76. The van der Waals surface area contributed by atoms with Crippen molar-refractivity contribution in [1.29, 1.82) is 0 Å². The van der Waals surface area contributed by atoms with Gasteiger partial charge >= 0.3 is 11.9 Å². The van der Waals surface area contributed by atoms with Crippen molar-refractivity contribution < 1.29 is 23.9 Å². The van der Waals surface area contributed by atoms with Gasteiger partial charge in [0.25, 0.3) is 0 Å². The highest BCUT2D eigenvalue weighted by atomic mass is 16.6. The van der Waals surface area contributed by atoms with E-state index in [9.17, 15) is 14.4 Å². The van der Waals surface area contributed by atoms with Gasteiger partial charge in [0, 0.05) is 5.56 Å². The molecule has 0 bridgehead atoms. The zero-order valence-electron chi connectivity index (χ0n) is 14.7. The Labute approximate surface area is 151 Å². The Morgan fingerprint density at radius 3 is 2.19 bits per heavy atom. The predicted octanol–water partition coefficient (Wildman–Crippen LogP) is 3.35. The second-order valence-corrected chi connectivity index (χ2v) is 6.36. The van der Waals surface area contributed by atoms with Crippen LogP contribution in [0.1, 0.15) is 35.9 Å². The minimum atomic E-state index is -1.64. The maximum Gasteiger partial charge on any atom is 0.321 e. The smallest absolute Gasteiger partial charge is 0.321 e. The lowest BCUT2D eigenvalue weighted by molar-refractivity contribution is -0.152. The molecular formula is C21H20O5. The molecule has 0 amide bonds. The summed E-state index contributed by atoms with van der Waals surface area (Å²) >= 11 is 0. The van der Waals surface area contributed by atoms with E-state index >= 15 is 0 Å². The number of carbonyl (C=O) groups excluding carboxylic acids is 3. The highest BCUT2D eigenvalue weighted by Crippen LogP contribution is 2.49. The Bertz CT molecular complexity index is 815. The molecule has 134 valence electrons. The van der Waals surface area contributed by atoms with Crippen LogP contribution in [0.2, 0.25) is 0 Å². The largest absolute Gasteiger partial charge is 0.466 e. The summed E-state index contributed by atoms with van der Waals surface area (Å²) in [6.07, 6.45) is -0.861. The number of hydrogen-bond donors (Lipinski definition) is 0. The lowest BCUT2D eigenvalue weighted by Gasteiger charge is -2.26. The third-order valence-electron chi connectivity index (χ3n) is 4.76. The van der Waals surface area contributed by atoms with Crippen molar-refractivity contribution in [2.24, 2.45) is 11.3 Å². The van der Waals surface area contributed by atoms with Gasteiger partial charge in [-0.25, -0.2) is 0 Å². The number of benzene rings is 2. The summed E-state index contributed by atoms with van der Waals surface area (Å²) in [5, 5.41) is 0. The van der Waals surface area contributed by atoms with Gasteiger partial charge in [0.15, 0.2) is 5.78 Å². The molecule has 0 saturated carbocycles. The molecule has 2 aromatic rings. The monoisotopic (exact) mass is 352 g/mol. The number of esters is 2. The lowest BCUT2D eigenvalue weighted by Crippen LogP contribution is -2.43. The van der Waals surface area contributed by atoms with Crippen molar-refractivity contribution in [2.45, 2.75) is 20.0 Å². The van der Waals surface area contributed by atoms with Crippen LogP contribution in [0.15, 0.2) is 60.7 Å². The van der Waals surface area contributed by atoms with Crippen molar-refractivity contribution in [3.8, 4) is 0 Å². The minimum absolute atomic E-state index is 0.153. The first-order valence-electron chi connectivity index (χ1n) is 8.52. The summed E-state index contributed by atoms with van der Waals surface area (Å²) in [5.74, 6) is -2.82. The van der Waals surface area contributed by atoms with E-state index in [1.165, 1.54) is 6.92 Å². The molecule has 5 heteroatoms. The van der Waals surface area contributed by atoms with Crippen LogP contribution in [0.4, 0.5) is 0 Å². The summed E-state index contributed by atoms with van der Waals surface area (Å²) in [7, 11) is 0. The van der Waals surface area contributed by atoms with Gasteiger partial charge in [-0.3, -0.25) is 14.4 Å². The van der Waals surface area contributed by atoms with Crippen molar-refractivity contribution in [2.75, 3.05) is 6.61 Å². The van der Waals surface area contributed by atoms with Crippen molar-refractivity contribution >= 4 is 17.7 Å². The van der Waals surface area contributed by atoms with Gasteiger partial charge in [-0.15, -0.1) is 0 Å². The molecule has 26 heavy (non-hydrogen) atoms. The first-order valence-corrected chi connectivity index (χ1v) is 8.52. The van der Waals surface area contributed by atoms with Gasteiger partial charge < -0.3 is 9.47 Å². The van der Waals surface area contributed by atoms with E-state index in [2.05, 4.69) is 0 Å². The molecule has 0 spiro atoms. The van der Waals surface area contributed by atoms with E-state index in [4.69, 9.17) is 9.47 Å². The standard InChI is InChI=1S/C21H20O5/c1-3-25-19(23)16-17(14-10-6-4-7-11-14)26-20(24)21(16,2)18(22)15-12-8-5-9-13-15/h4-13,16-17H,3H2,1-2H3/t16-,17-,21-/m0/s1. The number of carbonyl (C=O) groups is 3. The highest BCUT2D eigenvalue weighted by molar-refractivity contribution is 6.15.